The fourth-order valence-electron chi connectivity index (χ4n) is 2.65. The van der Waals surface area contributed by atoms with Gasteiger partial charge in [-0.2, -0.15) is 0 Å². The van der Waals surface area contributed by atoms with Crippen LogP contribution in [0.5, 0.6) is 11.5 Å². The van der Waals surface area contributed by atoms with E-state index >= 15 is 0 Å². The van der Waals surface area contributed by atoms with Gasteiger partial charge in [0.1, 0.15) is 11.5 Å². The van der Waals surface area contributed by atoms with Crippen molar-refractivity contribution in [3.05, 3.63) is 83.7 Å². The minimum Gasteiger partial charge on any atom is -0.497 e. The molecule has 2 aromatic carbocycles. The third-order valence-corrected chi connectivity index (χ3v) is 4.29. The maximum Gasteiger partial charge on any atom is 0.258 e. The van der Waals surface area contributed by atoms with Crippen molar-refractivity contribution < 1.29 is 14.3 Å². The number of aromatic nitrogens is 1. The first-order chi connectivity index (χ1) is 14.6. The Bertz CT molecular complexity index is 996. The van der Waals surface area contributed by atoms with Gasteiger partial charge in [-0.05, 0) is 43.3 Å². The highest BCUT2D eigenvalue weighted by molar-refractivity contribution is 6.10. The molecule has 0 aliphatic heterocycles. The van der Waals surface area contributed by atoms with Gasteiger partial charge in [0, 0.05) is 23.5 Å². The first kappa shape index (κ1) is 20.9. The molecule has 0 aliphatic rings. The van der Waals surface area contributed by atoms with Gasteiger partial charge in [-0.1, -0.05) is 23.8 Å². The Hall–Kier alpha value is -3.87. The maximum absolute atomic E-state index is 12.9. The Balaban J connectivity index is 1.83. The predicted molar refractivity (Wildman–Crippen MR) is 117 cm³/mol. The summed E-state index contributed by atoms with van der Waals surface area (Å²) in [5.41, 5.74) is 3.13. The van der Waals surface area contributed by atoms with Gasteiger partial charge < -0.3 is 14.8 Å². The fraction of sp³-hybridized carbons (Fsp3) is 0.174. The maximum atomic E-state index is 12.9. The summed E-state index contributed by atoms with van der Waals surface area (Å²) in [4.78, 5) is 21.7. The Morgan fingerprint density at radius 3 is 2.30 bits per heavy atom. The summed E-state index contributed by atoms with van der Waals surface area (Å²) in [6.07, 6.45) is 1.71. The van der Waals surface area contributed by atoms with E-state index in [1.165, 1.54) is 14.2 Å². The molecule has 0 aliphatic carbocycles. The van der Waals surface area contributed by atoms with E-state index in [1.807, 2.05) is 49.4 Å². The fourth-order valence-corrected chi connectivity index (χ4v) is 2.65. The van der Waals surface area contributed by atoms with Crippen molar-refractivity contribution in [2.24, 2.45) is 4.99 Å². The molecular formula is C23H24N4O3. The Kier molecular flexibility index (Phi) is 7.00. The zero-order valence-corrected chi connectivity index (χ0v) is 17.2. The highest BCUT2D eigenvalue weighted by atomic mass is 16.5. The van der Waals surface area contributed by atoms with Gasteiger partial charge in [0.2, 0.25) is 5.96 Å². The van der Waals surface area contributed by atoms with Crippen LogP contribution in [0.1, 0.15) is 21.6 Å². The molecular weight excluding hydrogens is 380 g/mol. The summed E-state index contributed by atoms with van der Waals surface area (Å²) < 4.78 is 10.5. The molecule has 0 atom stereocenters. The van der Waals surface area contributed by atoms with E-state index < -0.39 is 0 Å². The van der Waals surface area contributed by atoms with E-state index in [2.05, 4.69) is 20.6 Å². The van der Waals surface area contributed by atoms with Crippen LogP contribution in [-0.2, 0) is 6.54 Å². The number of amides is 1. The predicted octanol–water partition coefficient (Wildman–Crippen LogP) is 3.81. The SMILES string of the molecule is COc1cc(OC)cc(C(=O)NC(=NCc2ccccn2)Nc2ccc(C)cc2)c1. The first-order valence-electron chi connectivity index (χ1n) is 9.40. The van der Waals surface area contributed by atoms with Gasteiger partial charge in [-0.15, -0.1) is 0 Å². The number of guanidine groups is 1. The summed E-state index contributed by atoms with van der Waals surface area (Å²) in [7, 11) is 3.07. The van der Waals surface area contributed by atoms with Crippen molar-refractivity contribution in [1.82, 2.24) is 10.3 Å². The van der Waals surface area contributed by atoms with E-state index in [4.69, 9.17) is 9.47 Å². The number of nitrogens with one attached hydrogen (secondary N) is 2. The van der Waals surface area contributed by atoms with Gasteiger partial charge in [0.15, 0.2) is 0 Å². The van der Waals surface area contributed by atoms with Crippen molar-refractivity contribution in [1.29, 1.82) is 0 Å². The highest BCUT2D eigenvalue weighted by Crippen LogP contribution is 2.22. The summed E-state index contributed by atoms with van der Waals surface area (Å²) in [6, 6.07) is 18.4. The average Bonchev–Trinajstić information content (AvgIpc) is 2.79. The van der Waals surface area contributed by atoms with Gasteiger partial charge in [-0.3, -0.25) is 15.1 Å². The number of hydrogen-bond donors (Lipinski definition) is 2. The number of methoxy groups -OCH3 is 2. The quantitative estimate of drug-likeness (QED) is 0.482. The molecule has 0 radical (unpaired) electrons. The van der Waals surface area contributed by atoms with E-state index in [1.54, 1.807) is 24.4 Å². The zero-order valence-electron chi connectivity index (χ0n) is 17.2. The highest BCUT2D eigenvalue weighted by Gasteiger charge is 2.13. The van der Waals surface area contributed by atoms with Crippen LogP contribution in [0.4, 0.5) is 5.69 Å². The molecule has 1 aromatic heterocycles. The topological polar surface area (TPSA) is 84.8 Å². The average molecular weight is 404 g/mol. The second-order valence-electron chi connectivity index (χ2n) is 6.53. The van der Waals surface area contributed by atoms with Gasteiger partial charge in [-0.25, -0.2) is 4.99 Å². The van der Waals surface area contributed by atoms with Crippen LogP contribution in [0.15, 0.2) is 71.9 Å². The molecule has 0 saturated heterocycles. The molecule has 2 N–H and O–H groups in total. The number of aliphatic imine (C=N–C) groups is 1. The number of aryl methyl sites for hydroxylation is 1. The lowest BCUT2D eigenvalue weighted by atomic mass is 10.2. The number of rotatable bonds is 6. The molecule has 3 rings (SSSR count). The molecule has 154 valence electrons. The normalized spacial score (nSPS) is 11.0. The molecule has 30 heavy (non-hydrogen) atoms. The lowest BCUT2D eigenvalue weighted by Gasteiger charge is -2.13. The van der Waals surface area contributed by atoms with E-state index in [0.29, 0.717) is 29.6 Å². The molecule has 1 heterocycles. The third kappa shape index (κ3) is 5.81. The van der Waals surface area contributed by atoms with Crippen LogP contribution in [0.25, 0.3) is 0 Å². The molecule has 7 heteroatoms. The van der Waals surface area contributed by atoms with Crippen molar-refractivity contribution in [2.45, 2.75) is 13.5 Å². The van der Waals surface area contributed by atoms with Gasteiger partial charge in [0.25, 0.3) is 5.91 Å². The molecule has 0 bridgehead atoms. The second-order valence-corrected chi connectivity index (χ2v) is 6.53. The molecule has 0 saturated carbocycles. The molecule has 1 amide bonds. The second kappa shape index (κ2) is 10.1. The van der Waals surface area contributed by atoms with Crippen LogP contribution in [0.2, 0.25) is 0 Å². The van der Waals surface area contributed by atoms with E-state index in [0.717, 1.165) is 16.9 Å². The molecule has 0 fully saturated rings. The lowest BCUT2D eigenvalue weighted by Crippen LogP contribution is -2.36. The number of nitrogens with zero attached hydrogens (tertiary/aromatic N) is 2. The number of carbonyl (C=O) groups excluding carboxylic acids is 1. The minimum atomic E-state index is -0.341. The molecule has 3 aromatic rings. The first-order valence-corrected chi connectivity index (χ1v) is 9.40. The number of ether oxygens (including phenoxy) is 2. The van der Waals surface area contributed by atoms with Crippen LogP contribution in [0.3, 0.4) is 0 Å². The van der Waals surface area contributed by atoms with Crippen molar-refractivity contribution >= 4 is 17.6 Å². The number of pyridine rings is 1. The minimum absolute atomic E-state index is 0.316. The zero-order chi connectivity index (χ0) is 21.3. The van der Waals surface area contributed by atoms with Crippen LogP contribution in [-0.4, -0.2) is 31.1 Å². The largest absolute Gasteiger partial charge is 0.497 e. The van der Waals surface area contributed by atoms with Gasteiger partial charge in [0.05, 0.1) is 26.5 Å². The van der Waals surface area contributed by atoms with Crippen LogP contribution < -0.4 is 20.1 Å². The van der Waals surface area contributed by atoms with Crippen LogP contribution >= 0.6 is 0 Å². The molecule has 7 nitrogen and oxygen atoms in total. The van der Waals surface area contributed by atoms with Crippen LogP contribution in [0, 0.1) is 6.92 Å². The number of benzene rings is 2. The lowest BCUT2D eigenvalue weighted by molar-refractivity contribution is 0.0976. The third-order valence-electron chi connectivity index (χ3n) is 4.29. The Labute approximate surface area is 175 Å². The monoisotopic (exact) mass is 404 g/mol. The smallest absolute Gasteiger partial charge is 0.258 e. The summed E-state index contributed by atoms with van der Waals surface area (Å²) >= 11 is 0. The molecule has 0 unspecified atom stereocenters. The van der Waals surface area contributed by atoms with Gasteiger partial charge >= 0.3 is 0 Å². The number of anilines is 1. The van der Waals surface area contributed by atoms with E-state index in [9.17, 15) is 4.79 Å². The Morgan fingerprint density at radius 1 is 1.00 bits per heavy atom. The van der Waals surface area contributed by atoms with Crippen molar-refractivity contribution in [3.8, 4) is 11.5 Å². The Morgan fingerprint density at radius 2 is 1.70 bits per heavy atom. The summed E-state index contributed by atoms with van der Waals surface area (Å²) in [5, 5.41) is 5.99. The molecule has 0 spiro atoms. The van der Waals surface area contributed by atoms with E-state index in [-0.39, 0.29) is 5.91 Å². The summed E-state index contributed by atoms with van der Waals surface area (Å²) in [5.74, 6) is 1.03. The van der Waals surface area contributed by atoms with Crippen molar-refractivity contribution in [2.75, 3.05) is 19.5 Å². The standard InChI is InChI=1S/C23H24N4O3/c1-16-7-9-18(10-8-16)26-23(25-15-19-6-4-5-11-24-19)27-22(28)17-12-20(29-2)14-21(13-17)30-3/h4-14H,15H2,1-3H3,(H2,25,26,27,28). The number of carbonyl (C=O) groups is 1. The van der Waals surface area contributed by atoms with Crippen molar-refractivity contribution in [3.63, 3.8) is 0 Å². The summed E-state index contributed by atoms with van der Waals surface area (Å²) in [6.45, 7) is 2.33. The number of hydrogen-bond acceptors (Lipinski definition) is 5.